The Hall–Kier alpha value is -1.65. The first-order valence-electron chi connectivity index (χ1n) is 8.19. The molecule has 2 atom stereocenters. The van der Waals surface area contributed by atoms with Gasteiger partial charge in [-0.05, 0) is 41.3 Å². The summed E-state index contributed by atoms with van der Waals surface area (Å²) in [6.45, 7) is 5.21. The van der Waals surface area contributed by atoms with Crippen LogP contribution in [0.5, 0.6) is 0 Å². The number of carboxylic acids is 1. The molecule has 0 amide bonds. The largest absolute Gasteiger partial charge is 0.480 e. The second-order valence-corrected chi connectivity index (χ2v) is 7.45. The Balaban J connectivity index is 1.98. The van der Waals surface area contributed by atoms with Gasteiger partial charge in [0.1, 0.15) is 6.04 Å². The average molecular weight is 329 g/mol. The lowest BCUT2D eigenvalue weighted by atomic mass is 9.97. The minimum Gasteiger partial charge on any atom is -0.480 e. The zero-order valence-electron chi connectivity index (χ0n) is 13.6. The first kappa shape index (κ1) is 16.2. The molecule has 1 fully saturated rings. The lowest BCUT2D eigenvalue weighted by Crippen LogP contribution is -2.39. The molecule has 1 saturated heterocycles. The van der Waals surface area contributed by atoms with Gasteiger partial charge in [-0.1, -0.05) is 44.2 Å². The monoisotopic (exact) mass is 329 g/mol. The van der Waals surface area contributed by atoms with E-state index in [0.717, 1.165) is 19.4 Å². The SMILES string of the molecule is CC(C)c1ccc(C(c2cccs2)N2CCCC2C(=O)O)cc1. The lowest BCUT2D eigenvalue weighted by molar-refractivity contribution is -0.142. The molecule has 3 rings (SSSR count). The van der Waals surface area contributed by atoms with Crippen LogP contribution in [0.2, 0.25) is 0 Å². The van der Waals surface area contributed by atoms with E-state index in [0.29, 0.717) is 5.92 Å². The highest BCUT2D eigenvalue weighted by molar-refractivity contribution is 7.10. The molecule has 1 aromatic carbocycles. The molecule has 1 aliphatic heterocycles. The number of carboxylic acid groups (broad SMARTS) is 1. The third-order valence-electron chi connectivity index (χ3n) is 4.64. The summed E-state index contributed by atoms with van der Waals surface area (Å²) in [7, 11) is 0. The fourth-order valence-corrected chi connectivity index (χ4v) is 4.26. The van der Waals surface area contributed by atoms with Crippen molar-refractivity contribution in [3.05, 3.63) is 57.8 Å². The van der Waals surface area contributed by atoms with Gasteiger partial charge in [-0.2, -0.15) is 0 Å². The number of hydrogen-bond acceptors (Lipinski definition) is 3. The number of rotatable bonds is 5. The molecule has 1 aliphatic rings. The van der Waals surface area contributed by atoms with Gasteiger partial charge in [0.2, 0.25) is 0 Å². The average Bonchev–Trinajstić information content (AvgIpc) is 3.20. The summed E-state index contributed by atoms with van der Waals surface area (Å²) in [5.74, 6) is -0.203. The topological polar surface area (TPSA) is 40.5 Å². The molecule has 1 N–H and O–H groups in total. The highest BCUT2D eigenvalue weighted by Crippen LogP contribution is 2.37. The van der Waals surface area contributed by atoms with E-state index in [2.05, 4.69) is 54.5 Å². The van der Waals surface area contributed by atoms with Gasteiger partial charge in [-0.15, -0.1) is 11.3 Å². The van der Waals surface area contributed by atoms with E-state index in [1.165, 1.54) is 16.0 Å². The summed E-state index contributed by atoms with van der Waals surface area (Å²) < 4.78 is 0. The Morgan fingerprint density at radius 1 is 1.22 bits per heavy atom. The standard InChI is InChI=1S/C19H23NO2S/c1-13(2)14-7-9-15(10-8-14)18(17-6-4-12-23-17)20-11-3-5-16(20)19(21)22/h4,6-10,12-13,16,18H,3,5,11H2,1-2H3,(H,21,22). The summed E-state index contributed by atoms with van der Waals surface area (Å²) in [6, 6.07) is 12.5. The van der Waals surface area contributed by atoms with Crippen molar-refractivity contribution in [2.75, 3.05) is 6.54 Å². The van der Waals surface area contributed by atoms with Gasteiger partial charge in [-0.3, -0.25) is 9.69 Å². The van der Waals surface area contributed by atoms with Crippen LogP contribution in [-0.2, 0) is 4.79 Å². The van der Waals surface area contributed by atoms with Crippen LogP contribution in [-0.4, -0.2) is 28.6 Å². The maximum absolute atomic E-state index is 11.6. The molecule has 1 aromatic heterocycles. The van der Waals surface area contributed by atoms with Crippen molar-refractivity contribution >= 4 is 17.3 Å². The van der Waals surface area contributed by atoms with Gasteiger partial charge >= 0.3 is 5.97 Å². The molecule has 2 heterocycles. The molecule has 0 spiro atoms. The Kier molecular flexibility index (Phi) is 4.83. The molecule has 122 valence electrons. The van der Waals surface area contributed by atoms with E-state index < -0.39 is 5.97 Å². The summed E-state index contributed by atoms with van der Waals surface area (Å²) in [5.41, 5.74) is 2.50. The van der Waals surface area contributed by atoms with E-state index in [1.54, 1.807) is 11.3 Å². The van der Waals surface area contributed by atoms with Crippen molar-refractivity contribution in [2.24, 2.45) is 0 Å². The van der Waals surface area contributed by atoms with Crippen LogP contribution in [0, 0.1) is 0 Å². The maximum Gasteiger partial charge on any atom is 0.320 e. The molecule has 0 aliphatic carbocycles. The van der Waals surface area contributed by atoms with Crippen LogP contribution in [0.25, 0.3) is 0 Å². The third kappa shape index (κ3) is 3.33. The second-order valence-electron chi connectivity index (χ2n) is 6.47. The molecule has 2 unspecified atom stereocenters. The van der Waals surface area contributed by atoms with E-state index >= 15 is 0 Å². The number of benzene rings is 1. The first-order valence-corrected chi connectivity index (χ1v) is 9.07. The number of hydrogen-bond donors (Lipinski definition) is 1. The molecular formula is C19H23NO2S. The molecule has 3 nitrogen and oxygen atoms in total. The van der Waals surface area contributed by atoms with Gasteiger partial charge < -0.3 is 5.11 Å². The van der Waals surface area contributed by atoms with Crippen molar-refractivity contribution in [1.82, 2.24) is 4.90 Å². The van der Waals surface area contributed by atoms with E-state index in [9.17, 15) is 9.90 Å². The van der Waals surface area contributed by atoms with Crippen molar-refractivity contribution in [3.8, 4) is 0 Å². The smallest absolute Gasteiger partial charge is 0.320 e. The summed E-state index contributed by atoms with van der Waals surface area (Å²) >= 11 is 1.70. The summed E-state index contributed by atoms with van der Waals surface area (Å²) in [4.78, 5) is 15.0. The second kappa shape index (κ2) is 6.85. The fraction of sp³-hybridized carbons (Fsp3) is 0.421. The number of carbonyl (C=O) groups is 1. The molecule has 0 saturated carbocycles. The quantitative estimate of drug-likeness (QED) is 0.877. The van der Waals surface area contributed by atoms with Gasteiger partial charge in [0.25, 0.3) is 0 Å². The van der Waals surface area contributed by atoms with Gasteiger partial charge in [-0.25, -0.2) is 0 Å². The van der Waals surface area contributed by atoms with E-state index in [-0.39, 0.29) is 12.1 Å². The highest BCUT2D eigenvalue weighted by Gasteiger charge is 2.37. The maximum atomic E-state index is 11.6. The van der Waals surface area contributed by atoms with E-state index in [4.69, 9.17) is 0 Å². The Morgan fingerprint density at radius 3 is 2.48 bits per heavy atom. The molecule has 2 aromatic rings. The number of thiophene rings is 1. The van der Waals surface area contributed by atoms with Crippen molar-refractivity contribution in [2.45, 2.75) is 44.7 Å². The normalized spacial score (nSPS) is 20.0. The number of likely N-dealkylation sites (tertiary alicyclic amines) is 1. The molecule has 23 heavy (non-hydrogen) atoms. The Bertz CT molecular complexity index is 649. The molecule has 4 heteroatoms. The van der Waals surface area contributed by atoms with Crippen LogP contribution in [0.1, 0.15) is 54.7 Å². The van der Waals surface area contributed by atoms with E-state index in [1.807, 2.05) is 6.07 Å². The predicted octanol–water partition coefficient (Wildman–Crippen LogP) is 4.51. The summed E-state index contributed by atoms with van der Waals surface area (Å²) in [6.07, 6.45) is 1.68. The number of aliphatic carboxylic acids is 1. The number of nitrogens with zero attached hydrogens (tertiary/aromatic N) is 1. The first-order chi connectivity index (χ1) is 11.1. The summed E-state index contributed by atoms with van der Waals surface area (Å²) in [5, 5.41) is 11.6. The third-order valence-corrected chi connectivity index (χ3v) is 5.57. The molecule has 0 bridgehead atoms. The Morgan fingerprint density at radius 2 is 1.91 bits per heavy atom. The Labute approximate surface area is 141 Å². The predicted molar refractivity (Wildman–Crippen MR) is 94.1 cm³/mol. The van der Waals surface area contributed by atoms with Crippen LogP contribution in [0.4, 0.5) is 0 Å². The van der Waals surface area contributed by atoms with Crippen LogP contribution >= 0.6 is 11.3 Å². The lowest BCUT2D eigenvalue weighted by Gasteiger charge is -2.31. The van der Waals surface area contributed by atoms with Crippen LogP contribution in [0.3, 0.4) is 0 Å². The van der Waals surface area contributed by atoms with Crippen molar-refractivity contribution in [1.29, 1.82) is 0 Å². The van der Waals surface area contributed by atoms with Gasteiger partial charge in [0.15, 0.2) is 0 Å². The minimum atomic E-state index is -0.706. The molecule has 0 radical (unpaired) electrons. The van der Waals surface area contributed by atoms with Crippen LogP contribution in [0.15, 0.2) is 41.8 Å². The molecular weight excluding hydrogens is 306 g/mol. The fourth-order valence-electron chi connectivity index (χ4n) is 3.39. The van der Waals surface area contributed by atoms with Crippen molar-refractivity contribution in [3.63, 3.8) is 0 Å². The van der Waals surface area contributed by atoms with Gasteiger partial charge in [0, 0.05) is 11.4 Å². The highest BCUT2D eigenvalue weighted by atomic mass is 32.1. The van der Waals surface area contributed by atoms with Gasteiger partial charge in [0.05, 0.1) is 6.04 Å². The zero-order chi connectivity index (χ0) is 16.4. The van der Waals surface area contributed by atoms with Crippen molar-refractivity contribution < 1.29 is 9.90 Å². The zero-order valence-corrected chi connectivity index (χ0v) is 14.4. The minimum absolute atomic E-state index is 0.0415. The van der Waals surface area contributed by atoms with Crippen LogP contribution < -0.4 is 0 Å².